The van der Waals surface area contributed by atoms with Gasteiger partial charge in [-0.15, -0.1) is 0 Å². The summed E-state index contributed by atoms with van der Waals surface area (Å²) in [6.45, 7) is 5.63. The summed E-state index contributed by atoms with van der Waals surface area (Å²) in [5, 5.41) is 0. The third-order valence-corrected chi connectivity index (χ3v) is 11.2. The summed E-state index contributed by atoms with van der Waals surface area (Å²) in [5.41, 5.74) is 5.72. The zero-order chi connectivity index (χ0) is 39.7. The number of likely N-dealkylation sites (tertiary alicyclic amines) is 1. The fourth-order valence-electron chi connectivity index (χ4n) is 7.79. The Morgan fingerprint density at radius 3 is 2.53 bits per heavy atom. The fraction of sp³-hybridized carbons (Fsp3) is 0.400. The van der Waals surface area contributed by atoms with Gasteiger partial charge < -0.3 is 43.4 Å². The summed E-state index contributed by atoms with van der Waals surface area (Å²) in [5.74, 6) is 2.07. The molecule has 57 heavy (non-hydrogen) atoms. The number of aromatic nitrogens is 2. The lowest BCUT2D eigenvalue weighted by molar-refractivity contribution is -0.134. The molecule has 12 nitrogen and oxygen atoms in total. The standard InChI is InChI=1S/C45H53N5O7/c1-31(44-46-38-13-8-9-14-39(38)47-44)48(2)43(51)27-35-26-37(34-16-18-36(54-4)19-17-34)42(28-50(35)45(52)57-29-32-11-6-5-7-12-32)56-30-33-15-20-41-40(25-33)49(22-24-55-41)21-10-23-53-3/h5-9,11-20,25,31,35,37,42H,10,21-24,26-30H2,1-4H3,(H,46,47)/t31?,35-,37+,42-/m0/s1. The van der Waals surface area contributed by atoms with E-state index in [9.17, 15) is 9.59 Å². The summed E-state index contributed by atoms with van der Waals surface area (Å²) in [7, 11) is 5.16. The molecule has 7 rings (SSSR count). The van der Waals surface area contributed by atoms with Gasteiger partial charge in [-0.25, -0.2) is 9.78 Å². The van der Waals surface area contributed by atoms with Gasteiger partial charge in [-0.3, -0.25) is 4.79 Å². The van der Waals surface area contributed by atoms with E-state index in [2.05, 4.69) is 16.0 Å². The molecule has 1 N–H and O–H groups in total. The Bertz CT molecular complexity index is 2060. The van der Waals surface area contributed by atoms with Crippen LogP contribution in [0.3, 0.4) is 0 Å². The highest BCUT2D eigenvalue weighted by molar-refractivity contribution is 5.79. The Morgan fingerprint density at radius 1 is 0.965 bits per heavy atom. The second-order valence-electron chi connectivity index (χ2n) is 14.8. The van der Waals surface area contributed by atoms with Gasteiger partial charge in [0.1, 0.15) is 30.5 Å². The Labute approximate surface area is 334 Å². The summed E-state index contributed by atoms with van der Waals surface area (Å²) in [6.07, 6.45) is 0.623. The van der Waals surface area contributed by atoms with Gasteiger partial charge in [-0.1, -0.05) is 60.7 Å². The maximum atomic E-state index is 14.2. The number of H-pyrrole nitrogens is 1. The number of hydrogen-bond acceptors (Lipinski definition) is 9. The van der Waals surface area contributed by atoms with Crippen molar-refractivity contribution in [3.05, 3.63) is 120 Å². The number of ether oxygens (including phenoxy) is 5. The molecule has 0 bridgehead atoms. The van der Waals surface area contributed by atoms with Gasteiger partial charge in [0.2, 0.25) is 5.91 Å². The molecule has 2 aliphatic rings. The number of benzene rings is 4. The van der Waals surface area contributed by atoms with E-state index in [1.807, 2.05) is 97.9 Å². The Morgan fingerprint density at radius 2 is 1.75 bits per heavy atom. The number of para-hydroxylation sites is 2. The first-order valence-electron chi connectivity index (χ1n) is 19.7. The molecule has 3 heterocycles. The summed E-state index contributed by atoms with van der Waals surface area (Å²) in [4.78, 5) is 42.1. The Kier molecular flexibility index (Phi) is 12.9. The van der Waals surface area contributed by atoms with Crippen molar-refractivity contribution in [3.63, 3.8) is 0 Å². The lowest BCUT2D eigenvalue weighted by Gasteiger charge is -2.44. The number of carbonyl (C=O) groups is 2. The number of methoxy groups -OCH3 is 2. The molecule has 4 atom stereocenters. The van der Waals surface area contributed by atoms with Crippen molar-refractivity contribution >= 4 is 28.7 Å². The number of carbonyl (C=O) groups excluding carboxylic acids is 2. The number of nitrogens with one attached hydrogen (secondary N) is 1. The van der Waals surface area contributed by atoms with Crippen LogP contribution >= 0.6 is 0 Å². The average molecular weight is 776 g/mol. The van der Waals surface area contributed by atoms with Gasteiger partial charge in [0.15, 0.2) is 0 Å². The van der Waals surface area contributed by atoms with Crippen molar-refractivity contribution < 1.29 is 33.3 Å². The number of rotatable bonds is 15. The minimum absolute atomic E-state index is 0.102. The van der Waals surface area contributed by atoms with Crippen molar-refractivity contribution in [1.29, 1.82) is 0 Å². The van der Waals surface area contributed by atoms with Gasteiger partial charge in [-0.2, -0.15) is 0 Å². The number of imidazole rings is 1. The molecule has 0 saturated carbocycles. The van der Waals surface area contributed by atoms with Crippen LogP contribution in [0.15, 0.2) is 97.1 Å². The molecule has 4 aromatic carbocycles. The summed E-state index contributed by atoms with van der Waals surface area (Å²) in [6, 6.07) is 30.8. The van der Waals surface area contributed by atoms with E-state index in [0.29, 0.717) is 32.1 Å². The SMILES string of the molecule is COCCCN1CCOc2ccc(CO[C@H]3CN(C(=O)OCc4ccccc4)[C@H](CC(=O)N(C)C(C)c4nc5ccccc5[nH]4)C[C@@H]3c3ccc(OC)cc3)cc21. The second kappa shape index (κ2) is 18.6. The zero-order valence-corrected chi connectivity index (χ0v) is 33.3. The number of nitrogens with zero attached hydrogens (tertiary/aromatic N) is 4. The molecule has 12 heteroatoms. The fourth-order valence-corrected chi connectivity index (χ4v) is 7.79. The van der Waals surface area contributed by atoms with Crippen LogP contribution in [0.4, 0.5) is 10.5 Å². The second-order valence-corrected chi connectivity index (χ2v) is 14.8. The molecule has 5 aromatic rings. The highest BCUT2D eigenvalue weighted by Gasteiger charge is 2.41. The van der Waals surface area contributed by atoms with E-state index in [0.717, 1.165) is 64.4 Å². The van der Waals surface area contributed by atoms with Gasteiger partial charge in [0.25, 0.3) is 0 Å². The van der Waals surface area contributed by atoms with Gasteiger partial charge >= 0.3 is 6.09 Å². The van der Waals surface area contributed by atoms with Crippen LogP contribution < -0.4 is 14.4 Å². The molecule has 2 aliphatic heterocycles. The van der Waals surface area contributed by atoms with Gasteiger partial charge in [-0.05, 0) is 72.9 Å². The predicted octanol–water partition coefficient (Wildman–Crippen LogP) is 7.50. The van der Waals surface area contributed by atoms with Crippen LogP contribution in [0.5, 0.6) is 11.5 Å². The molecular formula is C45H53N5O7. The zero-order valence-electron chi connectivity index (χ0n) is 33.3. The van der Waals surface area contributed by atoms with Crippen molar-refractivity contribution in [2.75, 3.05) is 59.0 Å². The van der Waals surface area contributed by atoms with Crippen LogP contribution in [-0.2, 0) is 32.2 Å². The smallest absolute Gasteiger partial charge is 0.410 e. The summed E-state index contributed by atoms with van der Waals surface area (Å²) >= 11 is 0. The lowest BCUT2D eigenvalue weighted by Crippen LogP contribution is -2.54. The van der Waals surface area contributed by atoms with Crippen LogP contribution in [0.1, 0.15) is 60.7 Å². The third kappa shape index (κ3) is 9.52. The first-order chi connectivity index (χ1) is 27.8. The van der Waals surface area contributed by atoms with E-state index >= 15 is 0 Å². The van der Waals surface area contributed by atoms with Gasteiger partial charge in [0.05, 0.1) is 55.7 Å². The van der Waals surface area contributed by atoms with Crippen LogP contribution in [0.25, 0.3) is 11.0 Å². The number of aromatic amines is 1. The van der Waals surface area contributed by atoms with Crippen molar-refractivity contribution in [2.45, 2.75) is 63.5 Å². The Balaban J connectivity index is 1.14. The molecule has 0 radical (unpaired) electrons. The maximum absolute atomic E-state index is 14.2. The largest absolute Gasteiger partial charge is 0.497 e. The molecule has 0 spiro atoms. The lowest BCUT2D eigenvalue weighted by atomic mass is 9.82. The number of anilines is 1. The van der Waals surface area contributed by atoms with Crippen molar-refractivity contribution in [2.24, 2.45) is 0 Å². The number of amides is 2. The van der Waals surface area contributed by atoms with E-state index < -0.39 is 18.2 Å². The summed E-state index contributed by atoms with van der Waals surface area (Å²) < 4.78 is 29.5. The van der Waals surface area contributed by atoms with Crippen molar-refractivity contribution in [3.8, 4) is 11.5 Å². The molecule has 1 saturated heterocycles. The number of hydrogen-bond donors (Lipinski definition) is 1. The normalized spacial score (nSPS) is 18.4. The van der Waals surface area contributed by atoms with E-state index in [-0.39, 0.29) is 37.4 Å². The quantitative estimate of drug-likeness (QED) is 0.108. The molecule has 1 fully saturated rings. The predicted molar refractivity (Wildman–Crippen MR) is 219 cm³/mol. The first kappa shape index (κ1) is 39.6. The maximum Gasteiger partial charge on any atom is 0.410 e. The van der Waals surface area contributed by atoms with Crippen LogP contribution in [-0.4, -0.2) is 98.0 Å². The molecule has 0 aliphatic carbocycles. The highest BCUT2D eigenvalue weighted by Crippen LogP contribution is 2.38. The minimum atomic E-state index is -0.482. The van der Waals surface area contributed by atoms with E-state index in [1.54, 1.807) is 31.1 Å². The molecule has 1 unspecified atom stereocenters. The third-order valence-electron chi connectivity index (χ3n) is 11.2. The van der Waals surface area contributed by atoms with Crippen LogP contribution in [0, 0.1) is 0 Å². The minimum Gasteiger partial charge on any atom is -0.497 e. The van der Waals surface area contributed by atoms with Crippen molar-refractivity contribution in [1.82, 2.24) is 19.8 Å². The average Bonchev–Trinajstić information content (AvgIpc) is 3.69. The molecular weight excluding hydrogens is 723 g/mol. The molecule has 2 amide bonds. The monoisotopic (exact) mass is 775 g/mol. The van der Waals surface area contributed by atoms with E-state index in [4.69, 9.17) is 28.7 Å². The van der Waals surface area contributed by atoms with Crippen LogP contribution in [0.2, 0.25) is 0 Å². The first-order valence-corrected chi connectivity index (χ1v) is 19.7. The van der Waals surface area contributed by atoms with Gasteiger partial charge in [0, 0.05) is 45.7 Å². The molecule has 300 valence electrons. The topological polar surface area (TPSA) is 119 Å². The Hall–Kier alpha value is -5.59. The molecule has 1 aromatic heterocycles. The number of fused-ring (bicyclic) bond motifs is 2. The number of piperidine rings is 1. The van der Waals surface area contributed by atoms with E-state index in [1.165, 1.54) is 0 Å². The highest BCUT2D eigenvalue weighted by atomic mass is 16.6.